The van der Waals surface area contributed by atoms with Gasteiger partial charge in [-0.3, -0.25) is 14.3 Å². The summed E-state index contributed by atoms with van der Waals surface area (Å²) >= 11 is 0. The summed E-state index contributed by atoms with van der Waals surface area (Å²) in [5, 5.41) is 4.09. The predicted molar refractivity (Wildman–Crippen MR) is 78.8 cm³/mol. The first-order valence-electron chi connectivity index (χ1n) is 8.00. The number of amides is 1. The van der Waals surface area contributed by atoms with Gasteiger partial charge in [0.05, 0.1) is 0 Å². The maximum atomic E-state index is 12.8. The van der Waals surface area contributed by atoms with Crippen molar-refractivity contribution in [2.45, 2.75) is 51.0 Å². The van der Waals surface area contributed by atoms with Crippen molar-refractivity contribution in [2.75, 3.05) is 6.54 Å². The Bertz CT molecular complexity index is 537. The van der Waals surface area contributed by atoms with Crippen LogP contribution in [0.1, 0.15) is 55.4 Å². The molecular formula is C16H23N3O2. The molecule has 1 aromatic rings. The number of nitrogens with zero attached hydrogens (tertiary/aromatic N) is 3. The van der Waals surface area contributed by atoms with Crippen molar-refractivity contribution in [1.82, 2.24) is 14.7 Å². The maximum absolute atomic E-state index is 12.8. The van der Waals surface area contributed by atoms with Crippen LogP contribution in [0.3, 0.4) is 0 Å². The van der Waals surface area contributed by atoms with E-state index < -0.39 is 0 Å². The lowest BCUT2D eigenvalue weighted by Gasteiger charge is -2.41. The molecule has 2 heterocycles. The van der Waals surface area contributed by atoms with E-state index in [1.807, 2.05) is 4.90 Å². The molecule has 0 radical (unpaired) electrons. The van der Waals surface area contributed by atoms with Crippen molar-refractivity contribution in [1.29, 1.82) is 0 Å². The summed E-state index contributed by atoms with van der Waals surface area (Å²) in [7, 11) is 1.79. The number of hydrogen-bond donors (Lipinski definition) is 0. The summed E-state index contributed by atoms with van der Waals surface area (Å²) < 4.78 is 1.62. The Morgan fingerprint density at radius 3 is 2.76 bits per heavy atom. The highest BCUT2D eigenvalue weighted by Crippen LogP contribution is 2.32. The molecule has 1 amide bonds. The minimum absolute atomic E-state index is 0.0260. The number of piperidine rings is 1. The lowest BCUT2D eigenvalue weighted by molar-refractivity contribution is -0.127. The molecule has 2 aliphatic rings. The van der Waals surface area contributed by atoms with Crippen LogP contribution in [0.25, 0.3) is 0 Å². The van der Waals surface area contributed by atoms with Crippen LogP contribution in [0.5, 0.6) is 0 Å². The molecule has 3 rings (SSSR count). The molecule has 0 spiro atoms. The molecule has 5 nitrogen and oxygen atoms in total. The summed E-state index contributed by atoms with van der Waals surface area (Å²) in [6.07, 6.45) is 8.51. The zero-order valence-electron chi connectivity index (χ0n) is 12.6. The second kappa shape index (κ2) is 6.00. The largest absolute Gasteiger partial charge is 0.334 e. The number of carbonyl (C=O) groups is 2. The summed E-state index contributed by atoms with van der Waals surface area (Å²) in [5.74, 6) is 0.435. The zero-order chi connectivity index (χ0) is 14.8. The number of ketones is 1. The minimum atomic E-state index is 0.0260. The summed E-state index contributed by atoms with van der Waals surface area (Å²) in [4.78, 5) is 27.0. The third kappa shape index (κ3) is 2.74. The Labute approximate surface area is 125 Å². The van der Waals surface area contributed by atoms with Crippen molar-refractivity contribution in [3.63, 3.8) is 0 Å². The van der Waals surface area contributed by atoms with Crippen molar-refractivity contribution in [2.24, 2.45) is 13.0 Å². The molecular weight excluding hydrogens is 266 g/mol. The van der Waals surface area contributed by atoms with Crippen molar-refractivity contribution in [3.8, 4) is 0 Å². The monoisotopic (exact) mass is 289 g/mol. The Morgan fingerprint density at radius 1 is 1.24 bits per heavy atom. The summed E-state index contributed by atoms with van der Waals surface area (Å²) in [5.41, 5.74) is 0.616. The normalized spacial score (nSPS) is 26.9. The number of aromatic nitrogens is 2. The third-order valence-electron chi connectivity index (χ3n) is 4.92. The molecule has 2 unspecified atom stereocenters. The Kier molecular flexibility index (Phi) is 4.08. The van der Waals surface area contributed by atoms with Gasteiger partial charge in [0.2, 0.25) is 0 Å². The van der Waals surface area contributed by atoms with Crippen molar-refractivity contribution >= 4 is 11.7 Å². The average molecular weight is 289 g/mol. The Hall–Kier alpha value is -1.65. The molecule has 1 saturated heterocycles. The molecule has 1 aromatic heterocycles. The van der Waals surface area contributed by atoms with Gasteiger partial charge < -0.3 is 4.90 Å². The van der Waals surface area contributed by atoms with E-state index in [4.69, 9.17) is 0 Å². The molecule has 1 aliphatic carbocycles. The van der Waals surface area contributed by atoms with Gasteiger partial charge in [-0.05, 0) is 38.2 Å². The van der Waals surface area contributed by atoms with Gasteiger partial charge in [-0.2, -0.15) is 5.10 Å². The molecule has 0 aromatic carbocycles. The van der Waals surface area contributed by atoms with E-state index >= 15 is 0 Å². The van der Waals surface area contributed by atoms with Gasteiger partial charge >= 0.3 is 0 Å². The smallest absolute Gasteiger partial charge is 0.272 e. The SMILES string of the molecule is Cn1nccc1C(=O)N1CCCCC1C1CCCCC1=O. The Balaban J connectivity index is 1.82. The highest BCUT2D eigenvalue weighted by atomic mass is 16.2. The molecule has 114 valence electrons. The zero-order valence-corrected chi connectivity index (χ0v) is 12.6. The van der Waals surface area contributed by atoms with Gasteiger partial charge in [0.25, 0.3) is 5.91 Å². The van der Waals surface area contributed by atoms with Gasteiger partial charge in [-0.1, -0.05) is 6.42 Å². The Morgan fingerprint density at radius 2 is 2.05 bits per heavy atom. The number of Topliss-reactive ketones (excluding diaryl/α,β-unsaturated/α-hetero) is 1. The quantitative estimate of drug-likeness (QED) is 0.838. The van der Waals surface area contributed by atoms with Crippen LogP contribution in [0.4, 0.5) is 0 Å². The van der Waals surface area contributed by atoms with Crippen molar-refractivity contribution < 1.29 is 9.59 Å². The molecule has 2 atom stereocenters. The second-order valence-electron chi connectivity index (χ2n) is 6.22. The van der Waals surface area contributed by atoms with Crippen LogP contribution >= 0.6 is 0 Å². The lowest BCUT2D eigenvalue weighted by atomic mass is 9.79. The van der Waals surface area contributed by atoms with Crippen LogP contribution in [0.15, 0.2) is 12.3 Å². The highest BCUT2D eigenvalue weighted by Gasteiger charge is 2.38. The molecule has 21 heavy (non-hydrogen) atoms. The van der Waals surface area contributed by atoms with E-state index in [0.717, 1.165) is 45.1 Å². The van der Waals surface area contributed by atoms with E-state index in [0.29, 0.717) is 17.9 Å². The first kappa shape index (κ1) is 14.3. The van der Waals surface area contributed by atoms with Crippen LogP contribution < -0.4 is 0 Å². The average Bonchev–Trinajstić information content (AvgIpc) is 2.93. The number of likely N-dealkylation sites (tertiary alicyclic amines) is 1. The van der Waals surface area contributed by atoms with E-state index in [1.54, 1.807) is 24.0 Å². The van der Waals surface area contributed by atoms with Gasteiger partial charge in [0.1, 0.15) is 11.5 Å². The fourth-order valence-corrected chi connectivity index (χ4v) is 3.78. The second-order valence-corrected chi connectivity index (χ2v) is 6.22. The van der Waals surface area contributed by atoms with Gasteiger partial charge in [0.15, 0.2) is 0 Å². The third-order valence-corrected chi connectivity index (χ3v) is 4.92. The number of aryl methyl sites for hydroxylation is 1. The topological polar surface area (TPSA) is 55.2 Å². The van der Waals surface area contributed by atoms with Crippen LogP contribution in [-0.2, 0) is 11.8 Å². The molecule has 1 saturated carbocycles. The minimum Gasteiger partial charge on any atom is -0.334 e. The summed E-state index contributed by atoms with van der Waals surface area (Å²) in [6, 6.07) is 1.85. The molecule has 5 heteroatoms. The fourth-order valence-electron chi connectivity index (χ4n) is 3.78. The first-order chi connectivity index (χ1) is 10.2. The van der Waals surface area contributed by atoms with E-state index in [9.17, 15) is 9.59 Å². The van der Waals surface area contributed by atoms with Gasteiger partial charge in [0, 0.05) is 38.2 Å². The van der Waals surface area contributed by atoms with Gasteiger partial charge in [-0.25, -0.2) is 0 Å². The lowest BCUT2D eigenvalue weighted by Crippen LogP contribution is -2.50. The van der Waals surface area contributed by atoms with E-state index in [-0.39, 0.29) is 17.9 Å². The molecule has 2 fully saturated rings. The number of hydrogen-bond acceptors (Lipinski definition) is 3. The maximum Gasteiger partial charge on any atom is 0.272 e. The molecule has 0 N–H and O–H groups in total. The van der Waals surface area contributed by atoms with E-state index in [1.165, 1.54) is 0 Å². The van der Waals surface area contributed by atoms with E-state index in [2.05, 4.69) is 5.10 Å². The molecule has 0 bridgehead atoms. The number of rotatable bonds is 2. The number of carbonyl (C=O) groups excluding carboxylic acids is 2. The standard InChI is InChI=1S/C16H23N3O2/c1-18-14(9-10-17-18)16(21)19-11-5-4-7-13(19)12-6-2-3-8-15(12)20/h9-10,12-13H,2-8,11H2,1H3. The fraction of sp³-hybridized carbons (Fsp3) is 0.688. The van der Waals surface area contributed by atoms with Crippen LogP contribution in [0, 0.1) is 5.92 Å². The first-order valence-corrected chi connectivity index (χ1v) is 8.00. The van der Waals surface area contributed by atoms with Crippen molar-refractivity contribution in [3.05, 3.63) is 18.0 Å². The summed E-state index contributed by atoms with van der Waals surface area (Å²) in [6.45, 7) is 0.762. The van der Waals surface area contributed by atoms with Crippen LogP contribution in [-0.4, -0.2) is 39.0 Å². The molecule has 1 aliphatic heterocycles. The highest BCUT2D eigenvalue weighted by molar-refractivity contribution is 5.93. The van der Waals surface area contributed by atoms with Gasteiger partial charge in [-0.15, -0.1) is 0 Å². The van der Waals surface area contributed by atoms with Crippen LogP contribution in [0.2, 0.25) is 0 Å². The predicted octanol–water partition coefficient (Wildman–Crippen LogP) is 2.17.